The summed E-state index contributed by atoms with van der Waals surface area (Å²) < 4.78 is 4.60. The van der Waals surface area contributed by atoms with Crippen molar-refractivity contribution in [2.75, 3.05) is 6.61 Å². The van der Waals surface area contributed by atoms with Crippen LogP contribution in [0.4, 0.5) is 0 Å². The number of nitrogens with zero attached hydrogens (tertiary/aromatic N) is 2. The average Bonchev–Trinajstić information content (AvgIpc) is 2.05. The molecule has 1 aliphatic heterocycles. The first-order valence-corrected chi connectivity index (χ1v) is 3.52. The van der Waals surface area contributed by atoms with Crippen molar-refractivity contribution in [3.8, 4) is 0 Å². The van der Waals surface area contributed by atoms with Crippen LogP contribution in [-0.2, 0) is 14.3 Å². The minimum absolute atomic E-state index is 0.238. The van der Waals surface area contributed by atoms with Gasteiger partial charge in [0.25, 0.3) is 0 Å². The normalized spacial score (nSPS) is 21.1. The van der Waals surface area contributed by atoms with E-state index in [1.807, 2.05) is 0 Å². The van der Waals surface area contributed by atoms with E-state index in [0.29, 0.717) is 0 Å². The topological polar surface area (TPSA) is 68.1 Å². The van der Waals surface area contributed by atoms with Crippen LogP contribution in [0.25, 0.3) is 0 Å². The molecule has 1 aliphatic rings. The molecule has 5 nitrogen and oxygen atoms in total. The summed E-state index contributed by atoms with van der Waals surface area (Å²) in [5.74, 6) is -1.03. The molecule has 0 spiro atoms. The standard InChI is InChI=1S/C7H8N2O3/c1-2-12-7(11)6-5(10)3-4-8-9-6/h3-4,6H,2H2,1H3. The second-order valence-electron chi connectivity index (χ2n) is 2.10. The monoisotopic (exact) mass is 168 g/mol. The first kappa shape index (κ1) is 8.58. The molecule has 64 valence electrons. The van der Waals surface area contributed by atoms with E-state index in [4.69, 9.17) is 0 Å². The van der Waals surface area contributed by atoms with Crippen molar-refractivity contribution >= 4 is 11.8 Å². The predicted molar refractivity (Wildman–Crippen MR) is 39.4 cm³/mol. The summed E-state index contributed by atoms with van der Waals surface area (Å²) in [7, 11) is 0. The van der Waals surface area contributed by atoms with Gasteiger partial charge in [-0.15, -0.1) is 0 Å². The summed E-state index contributed by atoms with van der Waals surface area (Å²) in [5.41, 5.74) is 0. The van der Waals surface area contributed by atoms with Gasteiger partial charge in [-0.05, 0) is 6.92 Å². The Morgan fingerprint density at radius 1 is 1.75 bits per heavy atom. The third-order valence-corrected chi connectivity index (χ3v) is 1.27. The Hall–Kier alpha value is -1.52. The average molecular weight is 168 g/mol. The molecule has 0 saturated carbocycles. The van der Waals surface area contributed by atoms with Crippen LogP contribution in [0, 0.1) is 0 Å². The van der Waals surface area contributed by atoms with Crippen LogP contribution in [0.1, 0.15) is 6.92 Å². The third kappa shape index (κ3) is 1.75. The van der Waals surface area contributed by atoms with Gasteiger partial charge in [0.1, 0.15) is 0 Å². The van der Waals surface area contributed by atoms with E-state index >= 15 is 0 Å². The first-order chi connectivity index (χ1) is 5.75. The number of rotatable bonds is 2. The SMILES string of the molecule is CCOC(=O)C1N=NC=CC1=O. The fraction of sp³-hybridized carbons (Fsp3) is 0.429. The van der Waals surface area contributed by atoms with Gasteiger partial charge in [-0.25, -0.2) is 4.79 Å². The molecule has 5 heteroatoms. The maximum Gasteiger partial charge on any atom is 0.340 e. The lowest BCUT2D eigenvalue weighted by Crippen LogP contribution is -2.29. The molecule has 12 heavy (non-hydrogen) atoms. The van der Waals surface area contributed by atoms with Gasteiger partial charge in [0, 0.05) is 6.08 Å². The Balaban J connectivity index is 2.63. The molecule has 0 aromatic carbocycles. The molecule has 1 unspecified atom stereocenters. The van der Waals surface area contributed by atoms with Crippen LogP contribution >= 0.6 is 0 Å². The van der Waals surface area contributed by atoms with Gasteiger partial charge in [0.05, 0.1) is 12.8 Å². The van der Waals surface area contributed by atoms with Gasteiger partial charge in [-0.2, -0.15) is 10.2 Å². The van der Waals surface area contributed by atoms with Crippen LogP contribution in [0.15, 0.2) is 22.5 Å². The number of esters is 1. The van der Waals surface area contributed by atoms with Gasteiger partial charge < -0.3 is 4.74 Å². The molecule has 1 rings (SSSR count). The number of hydrogen-bond donors (Lipinski definition) is 0. The Kier molecular flexibility index (Phi) is 2.68. The molecular weight excluding hydrogens is 160 g/mol. The van der Waals surface area contributed by atoms with E-state index in [1.165, 1.54) is 12.3 Å². The first-order valence-electron chi connectivity index (χ1n) is 3.52. The zero-order chi connectivity index (χ0) is 8.97. The summed E-state index contributed by atoms with van der Waals surface area (Å²) in [6.45, 7) is 1.90. The van der Waals surface area contributed by atoms with E-state index < -0.39 is 12.0 Å². The van der Waals surface area contributed by atoms with Gasteiger partial charge in [-0.1, -0.05) is 0 Å². The number of ether oxygens (including phenoxy) is 1. The van der Waals surface area contributed by atoms with Gasteiger partial charge in [-0.3, -0.25) is 4.79 Å². The molecule has 0 saturated heterocycles. The summed E-state index contributed by atoms with van der Waals surface area (Å²) in [6, 6.07) is -1.09. The van der Waals surface area contributed by atoms with Crippen molar-refractivity contribution < 1.29 is 14.3 Å². The minimum Gasteiger partial charge on any atom is -0.464 e. The van der Waals surface area contributed by atoms with E-state index in [0.717, 1.165) is 0 Å². The van der Waals surface area contributed by atoms with Gasteiger partial charge >= 0.3 is 5.97 Å². The molecule has 1 heterocycles. The molecule has 0 fully saturated rings. The molecule has 0 bridgehead atoms. The molecule has 1 atom stereocenters. The number of ketones is 1. The maximum atomic E-state index is 11.0. The molecule has 0 aromatic heterocycles. The Labute approximate surface area is 69.1 Å². The van der Waals surface area contributed by atoms with E-state index in [1.54, 1.807) is 6.92 Å². The van der Waals surface area contributed by atoms with Gasteiger partial charge in [0.15, 0.2) is 5.78 Å². The smallest absolute Gasteiger partial charge is 0.340 e. The molecule has 0 aromatic rings. The van der Waals surface area contributed by atoms with Crippen LogP contribution in [0.5, 0.6) is 0 Å². The van der Waals surface area contributed by atoms with E-state index in [2.05, 4.69) is 15.0 Å². The quantitative estimate of drug-likeness (QED) is 0.444. The zero-order valence-electron chi connectivity index (χ0n) is 6.56. The van der Waals surface area contributed by atoms with Crippen molar-refractivity contribution in [1.82, 2.24) is 0 Å². The van der Waals surface area contributed by atoms with Crippen LogP contribution in [-0.4, -0.2) is 24.4 Å². The second kappa shape index (κ2) is 3.75. The molecule has 0 aliphatic carbocycles. The molecule has 0 N–H and O–H groups in total. The fourth-order valence-electron chi connectivity index (χ4n) is 0.744. The lowest BCUT2D eigenvalue weighted by Gasteiger charge is -2.07. The predicted octanol–water partition coefficient (Wildman–Crippen LogP) is 0.467. The van der Waals surface area contributed by atoms with Crippen LogP contribution in [0.2, 0.25) is 0 Å². The number of carbonyl (C=O) groups is 2. The lowest BCUT2D eigenvalue weighted by molar-refractivity contribution is -0.146. The van der Waals surface area contributed by atoms with Crippen LogP contribution < -0.4 is 0 Å². The number of azo groups is 1. The summed E-state index contributed by atoms with van der Waals surface area (Å²) >= 11 is 0. The van der Waals surface area contributed by atoms with Gasteiger partial charge in [0.2, 0.25) is 6.04 Å². The summed E-state index contributed by atoms with van der Waals surface area (Å²) in [5, 5.41) is 6.88. The molecule has 0 amide bonds. The van der Waals surface area contributed by atoms with Crippen molar-refractivity contribution in [3.05, 3.63) is 12.3 Å². The van der Waals surface area contributed by atoms with Crippen molar-refractivity contribution in [2.24, 2.45) is 10.2 Å². The largest absolute Gasteiger partial charge is 0.464 e. The summed E-state index contributed by atoms with van der Waals surface area (Å²) in [6.07, 6.45) is 2.45. The highest BCUT2D eigenvalue weighted by Gasteiger charge is 2.27. The highest BCUT2D eigenvalue weighted by Crippen LogP contribution is 2.04. The Bertz CT molecular complexity index is 257. The Morgan fingerprint density at radius 2 is 2.50 bits per heavy atom. The minimum atomic E-state index is -1.09. The molecule has 0 radical (unpaired) electrons. The highest BCUT2D eigenvalue weighted by atomic mass is 16.5. The lowest BCUT2D eigenvalue weighted by atomic mass is 10.2. The maximum absolute atomic E-state index is 11.0. The van der Waals surface area contributed by atoms with E-state index in [-0.39, 0.29) is 12.4 Å². The number of hydrogen-bond acceptors (Lipinski definition) is 5. The summed E-state index contributed by atoms with van der Waals surface area (Å²) in [4.78, 5) is 21.9. The van der Waals surface area contributed by atoms with E-state index in [9.17, 15) is 9.59 Å². The third-order valence-electron chi connectivity index (χ3n) is 1.27. The molecular formula is C7H8N2O3. The van der Waals surface area contributed by atoms with Crippen molar-refractivity contribution in [2.45, 2.75) is 13.0 Å². The van der Waals surface area contributed by atoms with Crippen LogP contribution in [0.3, 0.4) is 0 Å². The van der Waals surface area contributed by atoms with Crippen molar-refractivity contribution in [3.63, 3.8) is 0 Å². The fourth-order valence-corrected chi connectivity index (χ4v) is 0.744. The second-order valence-corrected chi connectivity index (χ2v) is 2.10. The zero-order valence-corrected chi connectivity index (χ0v) is 6.56. The number of carbonyl (C=O) groups excluding carboxylic acids is 2. The van der Waals surface area contributed by atoms with Crippen molar-refractivity contribution in [1.29, 1.82) is 0 Å². The Morgan fingerprint density at radius 3 is 3.08 bits per heavy atom. The highest BCUT2D eigenvalue weighted by molar-refractivity contribution is 6.09.